The highest BCUT2D eigenvalue weighted by Crippen LogP contribution is 2.23. The Bertz CT molecular complexity index is 726. The number of carbonyl (C=O) groups is 1. The third-order valence-corrected chi connectivity index (χ3v) is 4.85. The number of hydrogen-bond donors (Lipinski definition) is 1. The summed E-state index contributed by atoms with van der Waals surface area (Å²) in [6.45, 7) is 7.68. The van der Waals surface area contributed by atoms with Crippen molar-refractivity contribution in [1.82, 2.24) is 15.3 Å². The molecular formula is C21H28N4O2. The summed E-state index contributed by atoms with van der Waals surface area (Å²) in [5, 5.41) is 3.15. The molecule has 1 aliphatic heterocycles. The number of benzene rings is 1. The molecule has 0 spiro atoms. The minimum Gasteiger partial charge on any atom is -0.491 e. The van der Waals surface area contributed by atoms with Crippen molar-refractivity contribution in [2.75, 3.05) is 18.0 Å². The first-order valence-electron chi connectivity index (χ1n) is 9.61. The summed E-state index contributed by atoms with van der Waals surface area (Å²) in [7, 11) is 0. The van der Waals surface area contributed by atoms with Gasteiger partial charge in [-0.1, -0.05) is 12.1 Å². The zero-order valence-corrected chi connectivity index (χ0v) is 16.3. The molecule has 27 heavy (non-hydrogen) atoms. The number of hydrogen-bond acceptors (Lipinski definition) is 5. The van der Waals surface area contributed by atoms with E-state index in [4.69, 9.17) is 4.74 Å². The van der Waals surface area contributed by atoms with Crippen molar-refractivity contribution in [1.29, 1.82) is 0 Å². The molecule has 6 heteroatoms. The van der Waals surface area contributed by atoms with Crippen LogP contribution >= 0.6 is 0 Å². The van der Waals surface area contributed by atoms with E-state index in [1.54, 1.807) is 18.6 Å². The summed E-state index contributed by atoms with van der Waals surface area (Å²) in [5.74, 6) is 1.91. The lowest BCUT2D eigenvalue weighted by atomic mass is 9.95. The lowest BCUT2D eigenvalue weighted by Gasteiger charge is -2.32. The monoisotopic (exact) mass is 368 g/mol. The minimum absolute atomic E-state index is 0.0244. The Labute approximate surface area is 161 Å². The smallest absolute Gasteiger partial charge is 0.223 e. The lowest BCUT2D eigenvalue weighted by molar-refractivity contribution is -0.126. The number of nitrogens with zero attached hydrogens (tertiary/aromatic N) is 3. The fourth-order valence-electron chi connectivity index (χ4n) is 3.35. The van der Waals surface area contributed by atoms with Crippen LogP contribution in [0.2, 0.25) is 0 Å². The normalized spacial score (nSPS) is 16.2. The third kappa shape index (κ3) is 5.18. The number of amides is 1. The first-order chi connectivity index (χ1) is 13.0. The van der Waals surface area contributed by atoms with E-state index >= 15 is 0 Å². The van der Waals surface area contributed by atoms with Gasteiger partial charge in [-0.3, -0.25) is 9.78 Å². The molecule has 1 saturated heterocycles. The van der Waals surface area contributed by atoms with Gasteiger partial charge in [0, 0.05) is 31.4 Å². The molecule has 1 amide bonds. The largest absolute Gasteiger partial charge is 0.491 e. The van der Waals surface area contributed by atoms with Gasteiger partial charge in [0.25, 0.3) is 0 Å². The molecule has 1 unspecified atom stereocenters. The standard InChI is InChI=1S/C21H28N4O2/c1-15(2)27-19-6-4-17(5-7-19)16(3)24-21(26)18-8-12-25(13-9-18)20-14-22-10-11-23-20/h4-7,10-11,14-16,18H,8-9,12-13H2,1-3H3,(H,24,26). The molecule has 3 rings (SSSR count). The van der Waals surface area contributed by atoms with E-state index in [0.717, 1.165) is 43.1 Å². The second kappa shape index (κ2) is 8.84. The summed E-state index contributed by atoms with van der Waals surface area (Å²) in [6.07, 6.45) is 6.96. The molecule has 1 aromatic heterocycles. The van der Waals surface area contributed by atoms with Crippen LogP contribution in [0.15, 0.2) is 42.9 Å². The van der Waals surface area contributed by atoms with Crippen LogP contribution in [0.4, 0.5) is 5.82 Å². The van der Waals surface area contributed by atoms with Crippen LogP contribution < -0.4 is 15.0 Å². The van der Waals surface area contributed by atoms with Crippen molar-refractivity contribution in [3.05, 3.63) is 48.4 Å². The maximum Gasteiger partial charge on any atom is 0.223 e. The number of ether oxygens (including phenoxy) is 1. The molecule has 2 heterocycles. The van der Waals surface area contributed by atoms with Crippen molar-refractivity contribution < 1.29 is 9.53 Å². The number of rotatable bonds is 6. The zero-order valence-electron chi connectivity index (χ0n) is 16.3. The lowest BCUT2D eigenvalue weighted by Crippen LogP contribution is -2.41. The zero-order chi connectivity index (χ0) is 19.2. The third-order valence-electron chi connectivity index (χ3n) is 4.85. The highest BCUT2D eigenvalue weighted by Gasteiger charge is 2.26. The Kier molecular flexibility index (Phi) is 6.27. The molecule has 0 aliphatic carbocycles. The number of aromatic nitrogens is 2. The Hall–Kier alpha value is -2.63. The molecule has 0 radical (unpaired) electrons. The second-order valence-electron chi connectivity index (χ2n) is 7.29. The van der Waals surface area contributed by atoms with Gasteiger partial charge in [0.05, 0.1) is 18.3 Å². The number of piperidine rings is 1. The fourth-order valence-corrected chi connectivity index (χ4v) is 3.35. The molecular weight excluding hydrogens is 340 g/mol. The topological polar surface area (TPSA) is 67.3 Å². The molecule has 2 aromatic rings. The summed E-state index contributed by atoms with van der Waals surface area (Å²) in [5.41, 5.74) is 1.08. The van der Waals surface area contributed by atoms with E-state index in [1.807, 2.05) is 45.0 Å². The SMILES string of the molecule is CC(C)Oc1ccc(C(C)NC(=O)C2CCN(c3cnccn3)CC2)cc1. The molecule has 0 bridgehead atoms. The predicted molar refractivity (Wildman–Crippen MR) is 106 cm³/mol. The highest BCUT2D eigenvalue weighted by molar-refractivity contribution is 5.79. The van der Waals surface area contributed by atoms with Gasteiger partial charge < -0.3 is 15.0 Å². The first-order valence-corrected chi connectivity index (χ1v) is 9.61. The molecule has 1 N–H and O–H groups in total. The fraction of sp³-hybridized carbons (Fsp3) is 0.476. The van der Waals surface area contributed by atoms with Gasteiger partial charge in [-0.15, -0.1) is 0 Å². The molecule has 1 aliphatic rings. The van der Waals surface area contributed by atoms with Crippen molar-refractivity contribution in [2.24, 2.45) is 5.92 Å². The van der Waals surface area contributed by atoms with Gasteiger partial charge in [-0.2, -0.15) is 0 Å². The van der Waals surface area contributed by atoms with E-state index in [2.05, 4.69) is 20.2 Å². The van der Waals surface area contributed by atoms with Gasteiger partial charge in [-0.05, 0) is 51.3 Å². The molecule has 0 saturated carbocycles. The Morgan fingerprint density at radius 2 is 1.85 bits per heavy atom. The maximum atomic E-state index is 12.7. The van der Waals surface area contributed by atoms with E-state index in [-0.39, 0.29) is 24.0 Å². The summed E-state index contributed by atoms with van der Waals surface area (Å²) >= 11 is 0. The van der Waals surface area contributed by atoms with Crippen molar-refractivity contribution >= 4 is 11.7 Å². The quantitative estimate of drug-likeness (QED) is 0.847. The van der Waals surface area contributed by atoms with Crippen LogP contribution in [0, 0.1) is 5.92 Å². The molecule has 144 valence electrons. The number of anilines is 1. The van der Waals surface area contributed by atoms with Crippen LogP contribution in [0.3, 0.4) is 0 Å². The van der Waals surface area contributed by atoms with Crippen molar-refractivity contribution in [3.8, 4) is 5.75 Å². The number of carbonyl (C=O) groups excluding carboxylic acids is 1. The van der Waals surface area contributed by atoms with E-state index in [9.17, 15) is 4.79 Å². The van der Waals surface area contributed by atoms with E-state index < -0.39 is 0 Å². The molecule has 1 aromatic carbocycles. The highest BCUT2D eigenvalue weighted by atomic mass is 16.5. The van der Waals surface area contributed by atoms with Gasteiger partial charge in [0.15, 0.2) is 0 Å². The van der Waals surface area contributed by atoms with Crippen LogP contribution in [-0.4, -0.2) is 35.1 Å². The van der Waals surface area contributed by atoms with E-state index in [1.165, 1.54) is 0 Å². The van der Waals surface area contributed by atoms with E-state index in [0.29, 0.717) is 0 Å². The molecule has 1 fully saturated rings. The molecule has 1 atom stereocenters. The average Bonchev–Trinajstić information content (AvgIpc) is 2.69. The van der Waals surface area contributed by atoms with Crippen molar-refractivity contribution in [3.63, 3.8) is 0 Å². The maximum absolute atomic E-state index is 12.7. The second-order valence-corrected chi connectivity index (χ2v) is 7.29. The van der Waals surface area contributed by atoms with Gasteiger partial charge in [0.2, 0.25) is 5.91 Å². The Morgan fingerprint density at radius 3 is 2.44 bits per heavy atom. The number of nitrogens with one attached hydrogen (secondary N) is 1. The Morgan fingerprint density at radius 1 is 1.15 bits per heavy atom. The van der Waals surface area contributed by atoms with Crippen LogP contribution in [0.25, 0.3) is 0 Å². The summed E-state index contributed by atoms with van der Waals surface area (Å²) < 4.78 is 5.67. The minimum atomic E-state index is -0.0244. The van der Waals surface area contributed by atoms with Gasteiger partial charge >= 0.3 is 0 Å². The summed E-state index contributed by atoms with van der Waals surface area (Å²) in [4.78, 5) is 23.3. The Balaban J connectivity index is 1.50. The van der Waals surface area contributed by atoms with Crippen LogP contribution in [0.1, 0.15) is 45.2 Å². The van der Waals surface area contributed by atoms with Crippen LogP contribution in [0.5, 0.6) is 5.75 Å². The average molecular weight is 368 g/mol. The molecule has 6 nitrogen and oxygen atoms in total. The predicted octanol–water partition coefficient (Wildman–Crippen LogP) is 3.36. The van der Waals surface area contributed by atoms with Gasteiger partial charge in [-0.25, -0.2) is 4.98 Å². The van der Waals surface area contributed by atoms with Crippen LogP contribution in [-0.2, 0) is 4.79 Å². The van der Waals surface area contributed by atoms with Crippen molar-refractivity contribution in [2.45, 2.75) is 45.8 Å². The van der Waals surface area contributed by atoms with Gasteiger partial charge in [0.1, 0.15) is 11.6 Å². The first kappa shape index (κ1) is 19.1. The summed E-state index contributed by atoms with van der Waals surface area (Å²) in [6, 6.07) is 7.91.